The summed E-state index contributed by atoms with van der Waals surface area (Å²) in [5.41, 5.74) is -0.123. The van der Waals surface area contributed by atoms with E-state index >= 15 is 0 Å². The van der Waals surface area contributed by atoms with Crippen molar-refractivity contribution in [1.82, 2.24) is 0 Å². The molecule has 0 heterocycles. The molecule has 6 nitrogen and oxygen atoms in total. The van der Waals surface area contributed by atoms with Crippen molar-refractivity contribution in [3.63, 3.8) is 0 Å². The number of hydrogen-bond donors (Lipinski definition) is 1. The number of carbonyl (C=O) groups is 1. The number of phosphoric ester groups is 1. The summed E-state index contributed by atoms with van der Waals surface area (Å²) in [6, 6.07) is 2.22. The van der Waals surface area contributed by atoms with E-state index in [2.05, 4.69) is 9.05 Å². The van der Waals surface area contributed by atoms with Gasteiger partial charge in [-0.05, 0) is 12.1 Å². The van der Waals surface area contributed by atoms with Gasteiger partial charge in [0.15, 0.2) is 5.75 Å². The molecular weight excluding hydrogens is 306 g/mol. The van der Waals surface area contributed by atoms with Crippen LogP contribution < -0.4 is 4.52 Å². The van der Waals surface area contributed by atoms with E-state index < -0.39 is 13.8 Å². The average molecular weight is 315 g/mol. The van der Waals surface area contributed by atoms with Gasteiger partial charge in [-0.15, -0.1) is 0 Å². The minimum atomic E-state index is -3.81. The number of carboxylic acid groups (broad SMARTS) is 1. The Morgan fingerprint density at radius 2 is 1.67 bits per heavy atom. The van der Waals surface area contributed by atoms with Gasteiger partial charge in [0.25, 0.3) is 0 Å². The van der Waals surface area contributed by atoms with Gasteiger partial charge in [0.05, 0.1) is 15.6 Å². The summed E-state index contributed by atoms with van der Waals surface area (Å²) in [6.07, 6.45) is 0. The summed E-state index contributed by atoms with van der Waals surface area (Å²) >= 11 is 11.6. The molecule has 0 saturated carbocycles. The standard InChI is InChI=1S/C9H9Cl2O6P/c1-15-18(14,16-2)17-8-6(10)3-5(9(12)13)4-7(8)11/h3-4H,1-2H3,(H,12,13). The van der Waals surface area contributed by atoms with Crippen LogP contribution in [0.5, 0.6) is 5.75 Å². The van der Waals surface area contributed by atoms with Gasteiger partial charge in [-0.2, -0.15) is 0 Å². The van der Waals surface area contributed by atoms with Crippen LogP contribution in [0.15, 0.2) is 12.1 Å². The number of rotatable bonds is 5. The van der Waals surface area contributed by atoms with E-state index in [9.17, 15) is 9.36 Å². The first-order chi connectivity index (χ1) is 8.33. The molecule has 0 unspecified atom stereocenters. The Morgan fingerprint density at radius 3 is 2.00 bits per heavy atom. The Kier molecular flexibility index (Phi) is 5.01. The molecule has 9 heteroatoms. The second-order valence-corrected chi connectivity index (χ2v) is 5.60. The van der Waals surface area contributed by atoms with Crippen LogP contribution in [-0.2, 0) is 13.6 Å². The molecule has 0 atom stereocenters. The number of phosphoric acid groups is 1. The summed E-state index contributed by atoms with van der Waals surface area (Å²) in [7, 11) is -1.57. The number of aromatic carboxylic acids is 1. The van der Waals surface area contributed by atoms with Gasteiger partial charge in [0, 0.05) is 14.2 Å². The molecule has 0 aliphatic heterocycles. The zero-order valence-electron chi connectivity index (χ0n) is 9.35. The lowest BCUT2D eigenvalue weighted by Crippen LogP contribution is -2.01. The van der Waals surface area contributed by atoms with Gasteiger partial charge in [-0.25, -0.2) is 9.36 Å². The Morgan fingerprint density at radius 1 is 1.22 bits per heavy atom. The summed E-state index contributed by atoms with van der Waals surface area (Å²) in [5.74, 6) is -1.37. The highest BCUT2D eigenvalue weighted by Gasteiger charge is 2.28. The lowest BCUT2D eigenvalue weighted by atomic mass is 10.2. The Labute approximate surface area is 113 Å². The van der Waals surface area contributed by atoms with Gasteiger partial charge >= 0.3 is 13.8 Å². The molecule has 0 aromatic heterocycles. The topological polar surface area (TPSA) is 82.1 Å². The van der Waals surface area contributed by atoms with Gasteiger partial charge < -0.3 is 9.63 Å². The fraction of sp³-hybridized carbons (Fsp3) is 0.222. The average Bonchev–Trinajstić information content (AvgIpc) is 2.33. The van der Waals surface area contributed by atoms with E-state index in [0.29, 0.717) is 0 Å². The highest BCUT2D eigenvalue weighted by Crippen LogP contribution is 2.51. The Balaban J connectivity index is 3.19. The normalized spacial score (nSPS) is 11.3. The van der Waals surface area contributed by atoms with Crippen molar-refractivity contribution in [3.05, 3.63) is 27.7 Å². The molecule has 18 heavy (non-hydrogen) atoms. The van der Waals surface area contributed by atoms with Crippen LogP contribution in [0.2, 0.25) is 10.0 Å². The van der Waals surface area contributed by atoms with Crippen molar-refractivity contribution in [1.29, 1.82) is 0 Å². The zero-order valence-corrected chi connectivity index (χ0v) is 11.8. The summed E-state index contributed by atoms with van der Waals surface area (Å²) in [5, 5.41) is 8.55. The van der Waals surface area contributed by atoms with E-state index in [1.807, 2.05) is 0 Å². The summed E-state index contributed by atoms with van der Waals surface area (Å²) in [6.45, 7) is 0. The molecule has 0 spiro atoms. The second kappa shape index (κ2) is 5.91. The van der Waals surface area contributed by atoms with Crippen LogP contribution in [0.4, 0.5) is 0 Å². The molecular formula is C9H9Cl2O6P. The van der Waals surface area contributed by atoms with Crippen LogP contribution in [0, 0.1) is 0 Å². The molecule has 1 N–H and O–H groups in total. The zero-order chi connectivity index (χ0) is 13.9. The van der Waals surface area contributed by atoms with Gasteiger partial charge in [-0.1, -0.05) is 23.2 Å². The molecule has 0 saturated heterocycles. The molecule has 1 aromatic rings. The maximum Gasteiger partial charge on any atom is 0.529 e. The summed E-state index contributed by atoms with van der Waals surface area (Å²) in [4.78, 5) is 10.8. The first-order valence-electron chi connectivity index (χ1n) is 4.46. The van der Waals surface area contributed by atoms with Gasteiger partial charge in [-0.3, -0.25) is 9.05 Å². The molecule has 1 rings (SSSR count). The number of halogens is 2. The van der Waals surface area contributed by atoms with Crippen molar-refractivity contribution < 1.29 is 28.0 Å². The SMILES string of the molecule is COP(=O)(OC)Oc1c(Cl)cc(C(=O)O)cc1Cl. The van der Waals surface area contributed by atoms with E-state index in [1.165, 1.54) is 0 Å². The molecule has 0 amide bonds. The maximum absolute atomic E-state index is 11.7. The van der Waals surface area contributed by atoms with E-state index in [0.717, 1.165) is 26.4 Å². The molecule has 0 radical (unpaired) electrons. The maximum atomic E-state index is 11.7. The molecule has 1 aromatic carbocycles. The lowest BCUT2D eigenvalue weighted by Gasteiger charge is -2.16. The third kappa shape index (κ3) is 3.37. The number of hydrogen-bond acceptors (Lipinski definition) is 5. The van der Waals surface area contributed by atoms with E-state index in [-0.39, 0.29) is 21.4 Å². The first kappa shape index (κ1) is 15.3. The Bertz CT molecular complexity index is 487. The largest absolute Gasteiger partial charge is 0.529 e. The van der Waals surface area contributed by atoms with Crippen molar-refractivity contribution >= 4 is 37.0 Å². The van der Waals surface area contributed by atoms with E-state index in [4.69, 9.17) is 32.8 Å². The smallest absolute Gasteiger partial charge is 0.478 e. The van der Waals surface area contributed by atoms with Crippen LogP contribution in [0.1, 0.15) is 10.4 Å². The Hall–Kier alpha value is -0.780. The minimum Gasteiger partial charge on any atom is -0.478 e. The fourth-order valence-corrected chi connectivity index (χ4v) is 2.42. The third-order valence-corrected chi connectivity index (χ3v) is 3.76. The highest BCUT2D eigenvalue weighted by molar-refractivity contribution is 7.48. The molecule has 0 aliphatic rings. The fourth-order valence-electron chi connectivity index (χ4n) is 1.03. The van der Waals surface area contributed by atoms with Crippen molar-refractivity contribution in [2.24, 2.45) is 0 Å². The van der Waals surface area contributed by atoms with Crippen LogP contribution in [0.25, 0.3) is 0 Å². The summed E-state index contributed by atoms with van der Waals surface area (Å²) < 4.78 is 25.8. The monoisotopic (exact) mass is 314 g/mol. The predicted molar refractivity (Wildman–Crippen MR) is 65.7 cm³/mol. The van der Waals surface area contributed by atoms with Crippen LogP contribution >= 0.6 is 31.0 Å². The van der Waals surface area contributed by atoms with Crippen LogP contribution in [0.3, 0.4) is 0 Å². The van der Waals surface area contributed by atoms with Gasteiger partial charge in [0.2, 0.25) is 0 Å². The quantitative estimate of drug-likeness (QED) is 0.838. The van der Waals surface area contributed by atoms with Crippen molar-refractivity contribution in [2.75, 3.05) is 14.2 Å². The molecule has 0 aliphatic carbocycles. The molecule has 0 fully saturated rings. The van der Waals surface area contributed by atoms with Crippen molar-refractivity contribution in [3.8, 4) is 5.75 Å². The highest BCUT2D eigenvalue weighted by atomic mass is 35.5. The van der Waals surface area contributed by atoms with E-state index in [1.54, 1.807) is 0 Å². The third-order valence-electron chi connectivity index (χ3n) is 1.90. The lowest BCUT2D eigenvalue weighted by molar-refractivity contribution is 0.0697. The number of benzene rings is 1. The predicted octanol–water partition coefficient (Wildman–Crippen LogP) is 3.47. The molecule has 100 valence electrons. The second-order valence-electron chi connectivity index (χ2n) is 2.98. The van der Waals surface area contributed by atoms with Crippen molar-refractivity contribution in [2.45, 2.75) is 0 Å². The molecule has 0 bridgehead atoms. The van der Waals surface area contributed by atoms with Crippen LogP contribution in [-0.4, -0.2) is 25.3 Å². The number of carboxylic acids is 1. The van der Waals surface area contributed by atoms with Gasteiger partial charge in [0.1, 0.15) is 0 Å². The first-order valence-corrected chi connectivity index (χ1v) is 6.68. The minimum absolute atomic E-state index is 0.116.